The Morgan fingerprint density at radius 2 is 2.19 bits per heavy atom. The predicted octanol–water partition coefficient (Wildman–Crippen LogP) is 2.47. The maximum absolute atomic E-state index is 8.98. The van der Waals surface area contributed by atoms with Crippen LogP contribution >= 0.6 is 11.3 Å². The van der Waals surface area contributed by atoms with Crippen molar-refractivity contribution < 1.29 is 5.11 Å². The van der Waals surface area contributed by atoms with Crippen LogP contribution in [0.5, 0.6) is 0 Å². The zero-order valence-electron chi connectivity index (χ0n) is 10.4. The van der Waals surface area contributed by atoms with Gasteiger partial charge in [-0.25, -0.2) is 4.98 Å². The van der Waals surface area contributed by atoms with E-state index in [4.69, 9.17) is 5.11 Å². The fraction of sp³-hybridized carbons (Fsp3) is 0.750. The Kier molecular flexibility index (Phi) is 5.95. The van der Waals surface area contributed by atoms with Crippen LogP contribution in [0.2, 0.25) is 0 Å². The van der Waals surface area contributed by atoms with Gasteiger partial charge in [0.25, 0.3) is 0 Å². The summed E-state index contributed by atoms with van der Waals surface area (Å²) in [6.45, 7) is 9.39. The van der Waals surface area contributed by atoms with Crippen LogP contribution in [0.25, 0.3) is 0 Å². The minimum atomic E-state index is 0.225. The minimum Gasteiger partial charge on any atom is -0.395 e. The molecule has 0 saturated heterocycles. The standard InChI is InChI=1S/C12H22N2OS/c1-4-5-14(6-7-15)9-12-13-8-11(16-12)10(2)3/h8,10,15H,4-7,9H2,1-3H3. The molecule has 0 aliphatic carbocycles. The summed E-state index contributed by atoms with van der Waals surface area (Å²) in [5, 5.41) is 10.1. The van der Waals surface area contributed by atoms with Crippen LogP contribution < -0.4 is 0 Å². The van der Waals surface area contributed by atoms with E-state index in [1.165, 1.54) is 4.88 Å². The summed E-state index contributed by atoms with van der Waals surface area (Å²) in [5.41, 5.74) is 0. The van der Waals surface area contributed by atoms with Crippen LogP contribution in [0.15, 0.2) is 6.20 Å². The second kappa shape index (κ2) is 6.99. The lowest BCUT2D eigenvalue weighted by atomic mass is 10.2. The van der Waals surface area contributed by atoms with Crippen molar-refractivity contribution in [3.63, 3.8) is 0 Å². The van der Waals surface area contributed by atoms with E-state index in [2.05, 4.69) is 30.7 Å². The highest BCUT2D eigenvalue weighted by molar-refractivity contribution is 7.11. The molecule has 0 aliphatic rings. The summed E-state index contributed by atoms with van der Waals surface area (Å²) in [7, 11) is 0. The monoisotopic (exact) mass is 242 g/mol. The van der Waals surface area contributed by atoms with Crippen LogP contribution in [0, 0.1) is 0 Å². The van der Waals surface area contributed by atoms with E-state index in [1.54, 1.807) is 11.3 Å². The number of rotatable bonds is 7. The molecule has 0 aliphatic heterocycles. The Balaban J connectivity index is 2.55. The van der Waals surface area contributed by atoms with Gasteiger partial charge >= 0.3 is 0 Å². The van der Waals surface area contributed by atoms with Crippen LogP contribution in [0.3, 0.4) is 0 Å². The van der Waals surface area contributed by atoms with Crippen molar-refractivity contribution in [2.45, 2.75) is 39.7 Å². The molecule has 0 spiro atoms. The third-order valence-electron chi connectivity index (χ3n) is 2.46. The summed E-state index contributed by atoms with van der Waals surface area (Å²) in [5.74, 6) is 0.559. The third kappa shape index (κ3) is 4.20. The van der Waals surface area contributed by atoms with Gasteiger partial charge in [-0.1, -0.05) is 20.8 Å². The molecule has 1 rings (SSSR count). The molecule has 1 heterocycles. The van der Waals surface area contributed by atoms with Crippen molar-refractivity contribution in [3.8, 4) is 0 Å². The van der Waals surface area contributed by atoms with Gasteiger partial charge in [-0.15, -0.1) is 11.3 Å². The first kappa shape index (κ1) is 13.6. The fourth-order valence-electron chi connectivity index (χ4n) is 1.58. The minimum absolute atomic E-state index is 0.225. The van der Waals surface area contributed by atoms with E-state index in [9.17, 15) is 0 Å². The topological polar surface area (TPSA) is 36.4 Å². The molecule has 0 bridgehead atoms. The number of aliphatic hydroxyl groups is 1. The first-order chi connectivity index (χ1) is 7.67. The highest BCUT2D eigenvalue weighted by atomic mass is 32.1. The van der Waals surface area contributed by atoms with E-state index in [0.717, 1.165) is 31.1 Å². The van der Waals surface area contributed by atoms with Crippen molar-refractivity contribution in [3.05, 3.63) is 16.1 Å². The van der Waals surface area contributed by atoms with Gasteiger partial charge in [0.2, 0.25) is 0 Å². The molecule has 0 unspecified atom stereocenters. The molecule has 4 heteroatoms. The van der Waals surface area contributed by atoms with E-state index < -0.39 is 0 Å². The molecule has 1 aromatic rings. The van der Waals surface area contributed by atoms with Crippen molar-refractivity contribution in [2.24, 2.45) is 0 Å². The maximum Gasteiger partial charge on any atom is 0.107 e. The normalized spacial score (nSPS) is 11.6. The van der Waals surface area contributed by atoms with Gasteiger partial charge in [0.05, 0.1) is 13.2 Å². The molecule has 0 saturated carbocycles. The van der Waals surface area contributed by atoms with Crippen LogP contribution in [-0.2, 0) is 6.54 Å². The van der Waals surface area contributed by atoms with Crippen molar-refractivity contribution in [1.29, 1.82) is 0 Å². The van der Waals surface area contributed by atoms with Gasteiger partial charge in [-0.3, -0.25) is 4.90 Å². The average molecular weight is 242 g/mol. The highest BCUT2D eigenvalue weighted by Gasteiger charge is 2.09. The largest absolute Gasteiger partial charge is 0.395 e. The molecule has 0 aromatic carbocycles. The van der Waals surface area contributed by atoms with E-state index in [-0.39, 0.29) is 6.61 Å². The summed E-state index contributed by atoms with van der Waals surface area (Å²) in [4.78, 5) is 8.03. The summed E-state index contributed by atoms with van der Waals surface area (Å²) in [6.07, 6.45) is 3.09. The Bertz CT molecular complexity index is 293. The molecule has 92 valence electrons. The smallest absolute Gasteiger partial charge is 0.107 e. The van der Waals surface area contributed by atoms with E-state index >= 15 is 0 Å². The third-order valence-corrected chi connectivity index (χ3v) is 3.74. The lowest BCUT2D eigenvalue weighted by Crippen LogP contribution is -2.27. The average Bonchev–Trinajstić information content (AvgIpc) is 2.67. The molecule has 1 aromatic heterocycles. The lowest BCUT2D eigenvalue weighted by Gasteiger charge is -2.18. The van der Waals surface area contributed by atoms with Crippen LogP contribution in [-0.4, -0.2) is 34.7 Å². The Morgan fingerprint density at radius 3 is 2.69 bits per heavy atom. The molecule has 0 amide bonds. The zero-order chi connectivity index (χ0) is 12.0. The second-order valence-electron chi connectivity index (χ2n) is 4.31. The first-order valence-electron chi connectivity index (χ1n) is 5.95. The quantitative estimate of drug-likeness (QED) is 0.798. The number of hydrogen-bond acceptors (Lipinski definition) is 4. The molecule has 3 nitrogen and oxygen atoms in total. The molecule has 1 N–H and O–H groups in total. The van der Waals surface area contributed by atoms with Crippen molar-refractivity contribution >= 4 is 11.3 Å². The van der Waals surface area contributed by atoms with Gasteiger partial charge < -0.3 is 5.11 Å². The molecule has 16 heavy (non-hydrogen) atoms. The lowest BCUT2D eigenvalue weighted by molar-refractivity contribution is 0.190. The van der Waals surface area contributed by atoms with E-state index in [1.807, 2.05) is 6.20 Å². The molecule has 0 radical (unpaired) electrons. The summed E-state index contributed by atoms with van der Waals surface area (Å²) in [6, 6.07) is 0. The number of thiazole rings is 1. The van der Waals surface area contributed by atoms with Gasteiger partial charge in [0, 0.05) is 17.6 Å². The molecular formula is C12H22N2OS. The first-order valence-corrected chi connectivity index (χ1v) is 6.76. The van der Waals surface area contributed by atoms with Gasteiger partial charge in [0.15, 0.2) is 0 Å². The van der Waals surface area contributed by atoms with E-state index in [0.29, 0.717) is 5.92 Å². The Hall–Kier alpha value is -0.450. The Labute approximate surface area is 102 Å². The number of hydrogen-bond donors (Lipinski definition) is 1. The predicted molar refractivity (Wildman–Crippen MR) is 68.9 cm³/mol. The van der Waals surface area contributed by atoms with Gasteiger partial charge in [-0.2, -0.15) is 0 Å². The molecule has 0 fully saturated rings. The number of nitrogens with zero attached hydrogens (tertiary/aromatic N) is 2. The highest BCUT2D eigenvalue weighted by Crippen LogP contribution is 2.22. The second-order valence-corrected chi connectivity index (χ2v) is 5.46. The number of aromatic nitrogens is 1. The molecule has 0 atom stereocenters. The maximum atomic E-state index is 8.98. The molecular weight excluding hydrogens is 220 g/mol. The van der Waals surface area contributed by atoms with Crippen molar-refractivity contribution in [1.82, 2.24) is 9.88 Å². The number of aliphatic hydroxyl groups excluding tert-OH is 1. The summed E-state index contributed by atoms with van der Waals surface area (Å²) >= 11 is 1.79. The van der Waals surface area contributed by atoms with Crippen molar-refractivity contribution in [2.75, 3.05) is 19.7 Å². The van der Waals surface area contributed by atoms with Crippen LogP contribution in [0.1, 0.15) is 43.0 Å². The fourth-order valence-corrected chi connectivity index (χ4v) is 2.55. The Morgan fingerprint density at radius 1 is 1.44 bits per heavy atom. The van der Waals surface area contributed by atoms with Crippen LogP contribution in [0.4, 0.5) is 0 Å². The SMILES string of the molecule is CCCN(CCO)Cc1ncc(C(C)C)s1. The zero-order valence-corrected chi connectivity index (χ0v) is 11.3. The van der Waals surface area contributed by atoms with Gasteiger partial charge in [0.1, 0.15) is 5.01 Å². The van der Waals surface area contributed by atoms with Gasteiger partial charge in [-0.05, 0) is 18.9 Å². The summed E-state index contributed by atoms with van der Waals surface area (Å²) < 4.78 is 0.